The third-order valence-corrected chi connectivity index (χ3v) is 5.60. The highest BCUT2D eigenvalue weighted by Crippen LogP contribution is 2.42. The highest BCUT2D eigenvalue weighted by Gasteiger charge is 2.41. The van der Waals surface area contributed by atoms with E-state index in [1.807, 2.05) is 7.11 Å². The smallest absolute Gasteiger partial charge is 0.0685 e. The predicted octanol–water partition coefficient (Wildman–Crippen LogP) is 3.91. The highest BCUT2D eigenvalue weighted by molar-refractivity contribution is 4.94. The number of rotatable bonds is 6. The lowest BCUT2D eigenvalue weighted by Gasteiger charge is -2.46. The Morgan fingerprint density at radius 2 is 2.00 bits per heavy atom. The Bertz CT molecular complexity index is 305. The molecule has 2 aliphatic rings. The number of nitrogens with one attached hydrogen (secondary N) is 1. The van der Waals surface area contributed by atoms with Gasteiger partial charge in [-0.15, -0.1) is 0 Å². The van der Waals surface area contributed by atoms with Gasteiger partial charge < -0.3 is 14.8 Å². The molecule has 0 amide bonds. The molecule has 0 bridgehead atoms. The van der Waals surface area contributed by atoms with Crippen LogP contribution in [0.2, 0.25) is 0 Å². The van der Waals surface area contributed by atoms with Gasteiger partial charge in [0.1, 0.15) is 0 Å². The lowest BCUT2D eigenvalue weighted by molar-refractivity contribution is -0.125. The summed E-state index contributed by atoms with van der Waals surface area (Å²) in [6, 6.07) is 0.549. The van der Waals surface area contributed by atoms with E-state index in [1.54, 1.807) is 0 Å². The van der Waals surface area contributed by atoms with Gasteiger partial charge in [-0.05, 0) is 58.4 Å². The summed E-state index contributed by atoms with van der Waals surface area (Å²) in [5, 5.41) is 3.73. The summed E-state index contributed by atoms with van der Waals surface area (Å²) in [4.78, 5) is 0. The van der Waals surface area contributed by atoms with Crippen LogP contribution in [0, 0.1) is 5.92 Å². The molecule has 1 N–H and O–H groups in total. The molecule has 0 aromatic heterocycles. The van der Waals surface area contributed by atoms with Crippen molar-refractivity contribution in [2.45, 2.75) is 89.4 Å². The van der Waals surface area contributed by atoms with Crippen LogP contribution in [-0.2, 0) is 9.47 Å². The molecule has 2 rings (SSSR count). The molecule has 3 heteroatoms. The average Bonchev–Trinajstić information content (AvgIpc) is 2.47. The Hall–Kier alpha value is -0.120. The van der Waals surface area contributed by atoms with Crippen LogP contribution in [0.1, 0.15) is 72.1 Å². The van der Waals surface area contributed by atoms with Crippen molar-refractivity contribution in [3.63, 3.8) is 0 Å². The van der Waals surface area contributed by atoms with Gasteiger partial charge in [0, 0.05) is 19.8 Å². The zero-order valence-electron chi connectivity index (χ0n) is 14.5. The monoisotopic (exact) mass is 297 g/mol. The third kappa shape index (κ3) is 4.67. The summed E-state index contributed by atoms with van der Waals surface area (Å²) in [6.45, 7) is 8.59. The second-order valence-corrected chi connectivity index (χ2v) is 7.68. The highest BCUT2D eigenvalue weighted by atomic mass is 16.5. The lowest BCUT2D eigenvalue weighted by atomic mass is 9.72. The fourth-order valence-electron chi connectivity index (χ4n) is 4.23. The largest absolute Gasteiger partial charge is 0.379 e. The maximum absolute atomic E-state index is 6.26. The summed E-state index contributed by atoms with van der Waals surface area (Å²) in [7, 11) is 1.83. The fourth-order valence-corrected chi connectivity index (χ4v) is 4.23. The van der Waals surface area contributed by atoms with Crippen molar-refractivity contribution in [3.8, 4) is 0 Å². The van der Waals surface area contributed by atoms with E-state index in [-0.39, 0.29) is 11.2 Å². The topological polar surface area (TPSA) is 30.5 Å². The summed E-state index contributed by atoms with van der Waals surface area (Å²) in [5.41, 5.74) is 0.150. The molecule has 0 aromatic rings. The molecule has 124 valence electrons. The van der Waals surface area contributed by atoms with Gasteiger partial charge in [0.2, 0.25) is 0 Å². The molecule has 1 saturated carbocycles. The van der Waals surface area contributed by atoms with Crippen LogP contribution < -0.4 is 5.32 Å². The summed E-state index contributed by atoms with van der Waals surface area (Å²) < 4.78 is 11.9. The normalized spacial score (nSPS) is 27.7. The van der Waals surface area contributed by atoms with E-state index in [4.69, 9.17) is 9.47 Å². The summed E-state index contributed by atoms with van der Waals surface area (Å²) in [6.07, 6.45) is 10.2. The molecule has 21 heavy (non-hydrogen) atoms. The zero-order valence-corrected chi connectivity index (χ0v) is 14.5. The van der Waals surface area contributed by atoms with E-state index in [1.165, 1.54) is 44.9 Å². The van der Waals surface area contributed by atoms with Crippen molar-refractivity contribution >= 4 is 0 Å². The van der Waals surface area contributed by atoms with Gasteiger partial charge in [-0.25, -0.2) is 0 Å². The van der Waals surface area contributed by atoms with E-state index in [0.29, 0.717) is 6.04 Å². The van der Waals surface area contributed by atoms with Crippen LogP contribution in [0.5, 0.6) is 0 Å². The van der Waals surface area contributed by atoms with Crippen molar-refractivity contribution in [2.24, 2.45) is 5.92 Å². The van der Waals surface area contributed by atoms with E-state index in [2.05, 4.69) is 26.1 Å². The van der Waals surface area contributed by atoms with E-state index in [0.717, 1.165) is 25.5 Å². The first-order valence-corrected chi connectivity index (χ1v) is 8.93. The molecular weight excluding hydrogens is 262 g/mol. The fraction of sp³-hybridized carbons (Fsp3) is 1.00. The van der Waals surface area contributed by atoms with Gasteiger partial charge in [-0.2, -0.15) is 0 Å². The molecule has 0 aromatic carbocycles. The van der Waals surface area contributed by atoms with E-state index >= 15 is 0 Å². The summed E-state index contributed by atoms with van der Waals surface area (Å²) in [5.74, 6) is 0.728. The van der Waals surface area contributed by atoms with Crippen LogP contribution >= 0.6 is 0 Å². The summed E-state index contributed by atoms with van der Waals surface area (Å²) >= 11 is 0. The second-order valence-electron chi connectivity index (χ2n) is 7.68. The first-order chi connectivity index (χ1) is 10.0. The minimum absolute atomic E-state index is 0.0507. The third-order valence-electron chi connectivity index (χ3n) is 5.60. The maximum Gasteiger partial charge on any atom is 0.0685 e. The van der Waals surface area contributed by atoms with E-state index < -0.39 is 0 Å². The lowest BCUT2D eigenvalue weighted by Crippen LogP contribution is -2.49. The molecule has 2 unspecified atom stereocenters. The van der Waals surface area contributed by atoms with Crippen molar-refractivity contribution in [1.29, 1.82) is 0 Å². The Labute approximate surface area is 131 Å². The number of ether oxygens (including phenoxy) is 2. The second kappa shape index (κ2) is 7.43. The van der Waals surface area contributed by atoms with Crippen molar-refractivity contribution in [3.05, 3.63) is 0 Å². The quantitative estimate of drug-likeness (QED) is 0.806. The van der Waals surface area contributed by atoms with Crippen molar-refractivity contribution in [2.75, 3.05) is 20.3 Å². The average molecular weight is 297 g/mol. The Morgan fingerprint density at radius 1 is 1.29 bits per heavy atom. The minimum atomic E-state index is -0.0507. The molecule has 1 spiro atoms. The van der Waals surface area contributed by atoms with Gasteiger partial charge in [0.15, 0.2) is 0 Å². The Balaban J connectivity index is 2.01. The first-order valence-electron chi connectivity index (χ1n) is 8.93. The molecule has 2 fully saturated rings. The predicted molar refractivity (Wildman–Crippen MR) is 87.7 cm³/mol. The standard InChI is InChI=1S/C18H35NO2/c1-5-19-16(14-17(2,3)20-4)15-9-12-21-18(13-15)10-7-6-8-11-18/h15-16,19H,5-14H2,1-4H3. The first kappa shape index (κ1) is 17.2. The maximum atomic E-state index is 6.26. The molecule has 3 nitrogen and oxygen atoms in total. The molecule has 0 radical (unpaired) electrons. The van der Waals surface area contributed by atoms with Crippen LogP contribution in [0.25, 0.3) is 0 Å². The molecule has 1 heterocycles. The Morgan fingerprint density at radius 3 is 2.62 bits per heavy atom. The van der Waals surface area contributed by atoms with Crippen LogP contribution in [0.15, 0.2) is 0 Å². The number of hydrogen-bond acceptors (Lipinski definition) is 3. The van der Waals surface area contributed by atoms with Gasteiger partial charge in [-0.1, -0.05) is 26.2 Å². The Kier molecular flexibility index (Phi) is 6.10. The van der Waals surface area contributed by atoms with Crippen LogP contribution in [0.4, 0.5) is 0 Å². The number of hydrogen-bond donors (Lipinski definition) is 1. The number of methoxy groups -OCH3 is 1. The molecule has 1 saturated heterocycles. The van der Waals surface area contributed by atoms with Crippen LogP contribution in [-0.4, -0.2) is 37.5 Å². The van der Waals surface area contributed by atoms with Crippen LogP contribution in [0.3, 0.4) is 0 Å². The van der Waals surface area contributed by atoms with Gasteiger partial charge >= 0.3 is 0 Å². The molecular formula is C18H35NO2. The van der Waals surface area contributed by atoms with Gasteiger partial charge in [0.25, 0.3) is 0 Å². The van der Waals surface area contributed by atoms with Crippen molar-refractivity contribution in [1.82, 2.24) is 5.32 Å². The molecule has 2 atom stereocenters. The zero-order chi connectivity index (χ0) is 15.3. The minimum Gasteiger partial charge on any atom is -0.379 e. The van der Waals surface area contributed by atoms with E-state index in [9.17, 15) is 0 Å². The molecule has 1 aliphatic heterocycles. The molecule has 1 aliphatic carbocycles. The van der Waals surface area contributed by atoms with Crippen molar-refractivity contribution < 1.29 is 9.47 Å². The SMILES string of the molecule is CCNC(CC(C)(C)OC)C1CCOC2(CCCCC2)C1. The van der Waals surface area contributed by atoms with Gasteiger partial charge in [0.05, 0.1) is 11.2 Å². The van der Waals surface area contributed by atoms with Gasteiger partial charge in [-0.3, -0.25) is 0 Å².